The number of carbonyl (C=O) groups is 1. The Balaban J connectivity index is 2.23. The zero-order valence-electron chi connectivity index (χ0n) is 9.50. The van der Waals surface area contributed by atoms with Crippen molar-refractivity contribution >= 4 is 15.1 Å². The highest BCUT2D eigenvalue weighted by atomic mass is 32.2. The van der Waals surface area contributed by atoms with E-state index in [1.165, 1.54) is 16.4 Å². The Kier molecular flexibility index (Phi) is 3.59. The molecule has 0 saturated carbocycles. The summed E-state index contributed by atoms with van der Waals surface area (Å²) in [6.45, 7) is 0.918. The van der Waals surface area contributed by atoms with Gasteiger partial charge in [0.1, 0.15) is 0 Å². The summed E-state index contributed by atoms with van der Waals surface area (Å²) < 4.78 is 25.4. The summed E-state index contributed by atoms with van der Waals surface area (Å²) in [6.07, 6.45) is 2.70. The lowest BCUT2D eigenvalue weighted by Crippen LogP contribution is -2.39. The van der Waals surface area contributed by atoms with E-state index in [0.717, 1.165) is 19.3 Å². The van der Waals surface area contributed by atoms with Crippen molar-refractivity contribution in [3.63, 3.8) is 0 Å². The molecule has 0 amide bonds. The van der Waals surface area contributed by atoms with Crippen LogP contribution in [0.15, 0.2) is 30.3 Å². The molecule has 1 fully saturated rings. The molecule has 1 aromatic carbocycles. The van der Waals surface area contributed by atoms with Crippen LogP contribution in [0.2, 0.25) is 0 Å². The van der Waals surface area contributed by atoms with Crippen LogP contribution in [0, 0.1) is 0 Å². The van der Waals surface area contributed by atoms with Gasteiger partial charge in [-0.3, -0.25) is 4.79 Å². The Morgan fingerprint density at radius 2 is 1.59 bits per heavy atom. The molecular weight excluding hydrogens is 238 g/mol. The van der Waals surface area contributed by atoms with Gasteiger partial charge in [-0.1, -0.05) is 36.8 Å². The molecule has 1 aromatic rings. The molecule has 0 unspecified atom stereocenters. The summed E-state index contributed by atoms with van der Waals surface area (Å²) in [5.74, 6) is 0. The number of sulfonamides is 1. The first-order valence-electron chi connectivity index (χ1n) is 5.72. The van der Waals surface area contributed by atoms with E-state index >= 15 is 0 Å². The van der Waals surface area contributed by atoms with Crippen molar-refractivity contribution in [3.8, 4) is 0 Å². The largest absolute Gasteiger partial charge is 0.291 e. The van der Waals surface area contributed by atoms with Crippen LogP contribution in [0.25, 0.3) is 0 Å². The number of hydrogen-bond donors (Lipinski definition) is 0. The summed E-state index contributed by atoms with van der Waals surface area (Å²) in [5, 5.41) is -0.792. The zero-order chi connectivity index (χ0) is 12.3. The monoisotopic (exact) mass is 253 g/mol. The topological polar surface area (TPSA) is 54.5 Å². The van der Waals surface area contributed by atoms with Gasteiger partial charge in [-0.2, -0.15) is 4.31 Å². The lowest BCUT2D eigenvalue weighted by molar-refractivity contribution is 0.106. The van der Waals surface area contributed by atoms with Crippen molar-refractivity contribution in [2.75, 3.05) is 13.1 Å². The first-order chi connectivity index (χ1) is 8.12. The predicted octanol–water partition coefficient (Wildman–Crippen LogP) is 1.64. The smallest absolute Gasteiger partial charge is 0.274 e. The molecule has 0 aromatic heterocycles. The highest BCUT2D eigenvalue weighted by molar-refractivity contribution is 8.04. The minimum absolute atomic E-state index is 0.234. The van der Waals surface area contributed by atoms with Crippen LogP contribution in [0.4, 0.5) is 0 Å². The van der Waals surface area contributed by atoms with Crippen LogP contribution in [-0.2, 0) is 10.0 Å². The van der Waals surface area contributed by atoms with Gasteiger partial charge < -0.3 is 0 Å². The van der Waals surface area contributed by atoms with E-state index in [0.29, 0.717) is 13.1 Å². The van der Waals surface area contributed by atoms with Gasteiger partial charge in [-0.15, -0.1) is 0 Å². The van der Waals surface area contributed by atoms with Crippen molar-refractivity contribution < 1.29 is 13.2 Å². The van der Waals surface area contributed by atoms with E-state index in [1.54, 1.807) is 18.2 Å². The number of piperidine rings is 1. The van der Waals surface area contributed by atoms with E-state index in [2.05, 4.69) is 0 Å². The fraction of sp³-hybridized carbons (Fsp3) is 0.417. The van der Waals surface area contributed by atoms with Gasteiger partial charge in [-0.25, -0.2) is 8.42 Å². The second kappa shape index (κ2) is 4.98. The quantitative estimate of drug-likeness (QED) is 0.805. The van der Waals surface area contributed by atoms with Gasteiger partial charge in [0.05, 0.1) is 0 Å². The number of benzene rings is 1. The van der Waals surface area contributed by atoms with Crippen LogP contribution in [0.1, 0.15) is 29.6 Å². The highest BCUT2D eigenvalue weighted by Gasteiger charge is 2.31. The standard InChI is InChI=1S/C12H15NO3S/c14-12(11-7-3-1-4-8-11)17(15,16)13-9-5-2-6-10-13/h1,3-4,7-8H,2,5-6,9-10H2. The van der Waals surface area contributed by atoms with Gasteiger partial charge >= 0.3 is 0 Å². The maximum atomic E-state index is 12.1. The van der Waals surface area contributed by atoms with Crippen LogP contribution < -0.4 is 0 Å². The Labute approximate surface area is 101 Å². The van der Waals surface area contributed by atoms with E-state index in [9.17, 15) is 13.2 Å². The second-order valence-electron chi connectivity index (χ2n) is 4.12. The molecule has 4 nitrogen and oxygen atoms in total. The van der Waals surface area contributed by atoms with Gasteiger partial charge in [0.15, 0.2) is 0 Å². The third-order valence-electron chi connectivity index (χ3n) is 2.90. The maximum absolute atomic E-state index is 12.1. The highest BCUT2D eigenvalue weighted by Crippen LogP contribution is 2.16. The van der Waals surface area contributed by atoms with Crippen molar-refractivity contribution in [3.05, 3.63) is 35.9 Å². The molecule has 2 rings (SSSR count). The summed E-state index contributed by atoms with van der Waals surface area (Å²) in [4.78, 5) is 11.9. The Bertz CT molecular complexity index is 490. The second-order valence-corrected chi connectivity index (χ2v) is 5.96. The Hall–Kier alpha value is -1.20. The third kappa shape index (κ3) is 2.56. The van der Waals surface area contributed by atoms with Crippen LogP contribution >= 0.6 is 0 Å². The lowest BCUT2D eigenvalue weighted by Gasteiger charge is -2.24. The lowest BCUT2D eigenvalue weighted by atomic mass is 10.2. The SMILES string of the molecule is O=C(c1ccccc1)S(=O)(=O)N1CCCCC1. The molecule has 5 heteroatoms. The first-order valence-corrected chi connectivity index (χ1v) is 7.16. The molecular formula is C12H15NO3S. The van der Waals surface area contributed by atoms with Crippen LogP contribution in [0.3, 0.4) is 0 Å². The molecule has 1 saturated heterocycles. The molecule has 0 bridgehead atoms. The number of carbonyl (C=O) groups excluding carboxylic acids is 1. The van der Waals surface area contributed by atoms with Gasteiger partial charge in [0, 0.05) is 18.7 Å². The molecule has 1 aliphatic heterocycles. The average molecular weight is 253 g/mol. The molecule has 0 spiro atoms. The summed E-state index contributed by atoms with van der Waals surface area (Å²) in [6, 6.07) is 8.15. The van der Waals surface area contributed by atoms with E-state index < -0.39 is 15.1 Å². The summed E-state index contributed by atoms with van der Waals surface area (Å²) >= 11 is 0. The summed E-state index contributed by atoms with van der Waals surface area (Å²) in [7, 11) is -3.82. The fourth-order valence-corrected chi connectivity index (χ4v) is 3.35. The maximum Gasteiger partial charge on any atom is 0.291 e. The van der Waals surface area contributed by atoms with Crippen molar-refractivity contribution in [2.24, 2.45) is 0 Å². The fourth-order valence-electron chi connectivity index (χ4n) is 1.95. The average Bonchev–Trinajstić information content (AvgIpc) is 2.40. The Morgan fingerprint density at radius 3 is 2.18 bits per heavy atom. The van der Waals surface area contributed by atoms with Crippen molar-refractivity contribution in [1.82, 2.24) is 4.31 Å². The first kappa shape index (κ1) is 12.3. The third-order valence-corrected chi connectivity index (χ3v) is 4.65. The molecule has 0 radical (unpaired) electrons. The normalized spacial score (nSPS) is 17.9. The molecule has 0 N–H and O–H groups in total. The molecule has 0 aliphatic carbocycles. The summed E-state index contributed by atoms with van der Waals surface area (Å²) in [5.41, 5.74) is 0.234. The van der Waals surface area contributed by atoms with Crippen molar-refractivity contribution in [1.29, 1.82) is 0 Å². The molecule has 0 atom stereocenters. The molecule has 92 valence electrons. The van der Waals surface area contributed by atoms with Gasteiger partial charge in [0.2, 0.25) is 0 Å². The minimum Gasteiger partial charge on any atom is -0.274 e. The van der Waals surface area contributed by atoms with Gasteiger partial charge in [0.25, 0.3) is 15.1 Å². The van der Waals surface area contributed by atoms with Crippen LogP contribution in [0.5, 0.6) is 0 Å². The molecule has 1 aliphatic rings. The van der Waals surface area contributed by atoms with E-state index in [1.807, 2.05) is 0 Å². The van der Waals surface area contributed by atoms with Crippen LogP contribution in [-0.4, -0.2) is 30.9 Å². The van der Waals surface area contributed by atoms with E-state index in [4.69, 9.17) is 0 Å². The van der Waals surface area contributed by atoms with Crippen molar-refractivity contribution in [2.45, 2.75) is 19.3 Å². The van der Waals surface area contributed by atoms with E-state index in [-0.39, 0.29) is 5.56 Å². The molecule has 1 heterocycles. The number of rotatable bonds is 2. The predicted molar refractivity (Wildman–Crippen MR) is 65.1 cm³/mol. The zero-order valence-corrected chi connectivity index (χ0v) is 10.3. The Morgan fingerprint density at radius 1 is 1.00 bits per heavy atom. The van der Waals surface area contributed by atoms with Gasteiger partial charge in [-0.05, 0) is 12.8 Å². The minimum atomic E-state index is -3.82. The molecule has 17 heavy (non-hydrogen) atoms. The number of hydrogen-bond acceptors (Lipinski definition) is 3. The number of nitrogens with zero attached hydrogens (tertiary/aromatic N) is 1.